The number of quaternary nitrogens is 1. The van der Waals surface area contributed by atoms with Crippen LogP contribution in [0.4, 0.5) is 10.1 Å². The molecule has 0 unspecified atom stereocenters. The van der Waals surface area contributed by atoms with E-state index in [0.717, 1.165) is 18.7 Å². The van der Waals surface area contributed by atoms with Crippen LogP contribution in [0.1, 0.15) is 18.5 Å². The normalized spacial score (nSPS) is 17.0. The van der Waals surface area contributed by atoms with E-state index in [-0.39, 0.29) is 17.6 Å². The molecule has 2 heterocycles. The van der Waals surface area contributed by atoms with Crippen LogP contribution in [0.25, 0.3) is 0 Å². The summed E-state index contributed by atoms with van der Waals surface area (Å²) in [6.07, 6.45) is 3.50. The summed E-state index contributed by atoms with van der Waals surface area (Å²) >= 11 is 0. The third kappa shape index (κ3) is 5.03. The lowest BCUT2D eigenvalue weighted by atomic mass is 10.1. The summed E-state index contributed by atoms with van der Waals surface area (Å²) in [5.41, 5.74) is 1.63. The fraction of sp³-hybridized carbons (Fsp3) is 0.421. The Morgan fingerprint density at radius 2 is 1.96 bits per heavy atom. The van der Waals surface area contributed by atoms with Crippen molar-refractivity contribution < 1.29 is 17.7 Å². The van der Waals surface area contributed by atoms with Crippen LogP contribution in [-0.4, -0.2) is 51.9 Å². The summed E-state index contributed by atoms with van der Waals surface area (Å²) in [7, 11) is -3.26. The fourth-order valence-corrected chi connectivity index (χ4v) is 4.11. The van der Waals surface area contributed by atoms with Crippen molar-refractivity contribution in [3.05, 3.63) is 60.2 Å². The van der Waals surface area contributed by atoms with Gasteiger partial charge in [0.05, 0.1) is 44.2 Å². The Bertz CT molecular complexity index is 840. The average Bonchev–Trinajstić information content (AvgIpc) is 2.70. The predicted molar refractivity (Wildman–Crippen MR) is 104 cm³/mol. The van der Waals surface area contributed by atoms with Crippen molar-refractivity contribution in [3.8, 4) is 0 Å². The Kier molecular flexibility index (Phi) is 6.41. The second-order valence-corrected chi connectivity index (χ2v) is 8.78. The number of para-hydroxylation sites is 1. The van der Waals surface area contributed by atoms with Gasteiger partial charge in [0.15, 0.2) is 0 Å². The summed E-state index contributed by atoms with van der Waals surface area (Å²) in [5, 5.41) is 0. The average molecular weight is 394 g/mol. The van der Waals surface area contributed by atoms with Gasteiger partial charge in [0.25, 0.3) is 0 Å². The molecular formula is C19H26FN4O2S+. The van der Waals surface area contributed by atoms with E-state index in [1.165, 1.54) is 11.0 Å². The zero-order valence-electron chi connectivity index (χ0n) is 15.4. The molecule has 8 heteroatoms. The minimum absolute atomic E-state index is 0.0252. The molecule has 2 N–H and O–H groups in total. The molecule has 0 radical (unpaired) electrons. The van der Waals surface area contributed by atoms with E-state index in [9.17, 15) is 12.8 Å². The molecule has 1 aromatic carbocycles. The first-order valence-corrected chi connectivity index (χ1v) is 10.9. The number of halogens is 1. The van der Waals surface area contributed by atoms with Gasteiger partial charge in [-0.3, -0.25) is 4.98 Å². The number of benzene rings is 1. The van der Waals surface area contributed by atoms with Gasteiger partial charge in [0, 0.05) is 18.0 Å². The number of nitrogens with zero attached hydrogens (tertiary/aromatic N) is 2. The molecule has 2 aromatic rings. The summed E-state index contributed by atoms with van der Waals surface area (Å²) in [6, 6.07) is 10.6. The molecule has 1 saturated heterocycles. The summed E-state index contributed by atoms with van der Waals surface area (Å²) in [6.45, 7) is 4.98. The molecule has 27 heavy (non-hydrogen) atoms. The lowest BCUT2D eigenvalue weighted by Crippen LogP contribution is -3.15. The highest BCUT2D eigenvalue weighted by Gasteiger charge is 2.30. The monoisotopic (exact) mass is 393 g/mol. The van der Waals surface area contributed by atoms with E-state index in [1.54, 1.807) is 31.5 Å². The van der Waals surface area contributed by atoms with Gasteiger partial charge in [0.2, 0.25) is 10.0 Å². The zero-order valence-corrected chi connectivity index (χ0v) is 16.3. The van der Waals surface area contributed by atoms with Gasteiger partial charge < -0.3 is 9.80 Å². The molecule has 0 saturated carbocycles. The minimum atomic E-state index is -3.26. The maximum absolute atomic E-state index is 14.1. The highest BCUT2D eigenvalue weighted by Crippen LogP contribution is 2.18. The number of nitrogens with one attached hydrogen (secondary N) is 2. The first-order chi connectivity index (χ1) is 13.0. The molecule has 1 aliphatic rings. The van der Waals surface area contributed by atoms with Crippen LogP contribution in [0.3, 0.4) is 0 Å². The van der Waals surface area contributed by atoms with Gasteiger partial charge in [-0.25, -0.2) is 17.5 Å². The van der Waals surface area contributed by atoms with Crippen molar-refractivity contribution in [3.63, 3.8) is 0 Å². The van der Waals surface area contributed by atoms with Crippen molar-refractivity contribution in [1.29, 1.82) is 0 Å². The number of hydrogen-bond acceptors (Lipinski definition) is 4. The number of rotatable bonds is 7. The van der Waals surface area contributed by atoms with E-state index in [1.807, 2.05) is 18.2 Å². The Balaban J connectivity index is 1.71. The van der Waals surface area contributed by atoms with E-state index >= 15 is 0 Å². The molecule has 0 spiro atoms. The summed E-state index contributed by atoms with van der Waals surface area (Å²) in [4.78, 5) is 7.51. The first kappa shape index (κ1) is 19.7. The fourth-order valence-electron chi connectivity index (χ4n) is 3.48. The van der Waals surface area contributed by atoms with E-state index in [2.05, 4.69) is 14.6 Å². The number of pyridine rings is 1. The highest BCUT2D eigenvalue weighted by atomic mass is 32.2. The number of aromatic nitrogens is 1. The Labute approximate surface area is 160 Å². The van der Waals surface area contributed by atoms with Crippen LogP contribution >= 0.6 is 0 Å². The number of sulfonamides is 1. The molecule has 1 aromatic heterocycles. The standard InChI is InChI=1S/C19H25FN4O2S/c1-2-27(25,26)22-15-19(16-6-5-9-21-14-16)24-12-10-23(11-13-24)18-8-4-3-7-17(18)20/h3-9,14,19,22H,2,10-13,15H2,1H3/p+1/t19-/m0/s1. The van der Waals surface area contributed by atoms with E-state index in [0.29, 0.717) is 25.3 Å². The second-order valence-electron chi connectivity index (χ2n) is 6.69. The maximum Gasteiger partial charge on any atom is 0.211 e. The molecule has 0 aliphatic carbocycles. The van der Waals surface area contributed by atoms with Crippen LogP contribution in [0, 0.1) is 5.82 Å². The van der Waals surface area contributed by atoms with Crippen LogP contribution in [-0.2, 0) is 10.0 Å². The summed E-state index contributed by atoms with van der Waals surface area (Å²) < 4.78 is 40.6. The van der Waals surface area contributed by atoms with Crippen molar-refractivity contribution in [1.82, 2.24) is 9.71 Å². The molecule has 0 bridgehead atoms. The van der Waals surface area contributed by atoms with Gasteiger partial charge in [-0.1, -0.05) is 12.1 Å². The highest BCUT2D eigenvalue weighted by molar-refractivity contribution is 7.89. The van der Waals surface area contributed by atoms with Crippen molar-refractivity contribution in [2.24, 2.45) is 0 Å². The van der Waals surface area contributed by atoms with Gasteiger partial charge >= 0.3 is 0 Å². The molecule has 1 atom stereocenters. The van der Waals surface area contributed by atoms with Gasteiger partial charge in [-0.2, -0.15) is 0 Å². The van der Waals surface area contributed by atoms with Gasteiger partial charge in [0.1, 0.15) is 11.9 Å². The first-order valence-electron chi connectivity index (χ1n) is 9.21. The smallest absolute Gasteiger partial charge is 0.211 e. The van der Waals surface area contributed by atoms with Crippen LogP contribution < -0.4 is 14.5 Å². The largest absolute Gasteiger partial charge is 0.358 e. The van der Waals surface area contributed by atoms with Crippen molar-refractivity contribution in [2.75, 3.05) is 43.4 Å². The Morgan fingerprint density at radius 1 is 1.22 bits per heavy atom. The topological polar surface area (TPSA) is 66.7 Å². The minimum Gasteiger partial charge on any atom is -0.358 e. The molecule has 1 fully saturated rings. The van der Waals surface area contributed by atoms with Gasteiger partial charge in [-0.15, -0.1) is 0 Å². The number of anilines is 1. The third-order valence-electron chi connectivity index (χ3n) is 5.07. The molecule has 3 rings (SSSR count). The lowest BCUT2D eigenvalue weighted by molar-refractivity contribution is -0.930. The van der Waals surface area contributed by atoms with Crippen molar-refractivity contribution >= 4 is 15.7 Å². The lowest BCUT2D eigenvalue weighted by Gasteiger charge is -2.37. The maximum atomic E-state index is 14.1. The SMILES string of the molecule is CCS(=O)(=O)NC[C@@H](c1cccnc1)[NH+]1CCN(c2ccccc2F)CC1. The number of hydrogen-bond donors (Lipinski definition) is 2. The predicted octanol–water partition coefficient (Wildman–Crippen LogP) is 0.606. The quantitative estimate of drug-likeness (QED) is 0.723. The molecule has 6 nitrogen and oxygen atoms in total. The summed E-state index contributed by atoms with van der Waals surface area (Å²) in [5.74, 6) is -0.149. The van der Waals surface area contributed by atoms with E-state index in [4.69, 9.17) is 0 Å². The second kappa shape index (κ2) is 8.77. The van der Waals surface area contributed by atoms with Crippen LogP contribution in [0.15, 0.2) is 48.8 Å². The van der Waals surface area contributed by atoms with E-state index < -0.39 is 10.0 Å². The Morgan fingerprint density at radius 3 is 2.59 bits per heavy atom. The molecule has 0 amide bonds. The molecule has 1 aliphatic heterocycles. The van der Waals surface area contributed by atoms with Gasteiger partial charge in [-0.05, 0) is 31.2 Å². The number of piperazine rings is 1. The zero-order chi connectivity index (χ0) is 19.3. The third-order valence-corrected chi connectivity index (χ3v) is 6.43. The molecule has 146 valence electrons. The van der Waals surface area contributed by atoms with Crippen LogP contribution in [0.2, 0.25) is 0 Å². The molecular weight excluding hydrogens is 367 g/mol. The van der Waals surface area contributed by atoms with Crippen molar-refractivity contribution in [2.45, 2.75) is 13.0 Å². The van der Waals surface area contributed by atoms with Crippen LogP contribution in [0.5, 0.6) is 0 Å². The Hall–Kier alpha value is -2.03.